The second-order valence-corrected chi connectivity index (χ2v) is 5.62. The van der Waals surface area contributed by atoms with E-state index in [9.17, 15) is 4.79 Å². The highest BCUT2D eigenvalue weighted by Crippen LogP contribution is 2.25. The van der Waals surface area contributed by atoms with E-state index in [2.05, 4.69) is 0 Å². The van der Waals surface area contributed by atoms with Crippen molar-refractivity contribution in [2.45, 2.75) is 38.8 Å². The number of amides is 1. The van der Waals surface area contributed by atoms with Crippen LogP contribution in [0.5, 0.6) is 0 Å². The summed E-state index contributed by atoms with van der Waals surface area (Å²) in [6.07, 6.45) is 0.359. The van der Waals surface area contributed by atoms with Gasteiger partial charge in [-0.05, 0) is 27.2 Å². The highest BCUT2D eigenvalue weighted by molar-refractivity contribution is 7.99. The van der Waals surface area contributed by atoms with Crippen LogP contribution < -0.4 is 0 Å². The van der Waals surface area contributed by atoms with E-state index in [1.807, 2.05) is 20.8 Å². The molecular weight excluding hydrogens is 214 g/mol. The molecule has 15 heavy (non-hydrogen) atoms. The molecule has 0 unspecified atom stereocenters. The highest BCUT2D eigenvalue weighted by Gasteiger charge is 2.31. The number of aliphatic hydroxyl groups is 1. The number of hydrogen-bond donors (Lipinski definition) is 1. The molecule has 1 rings (SSSR count). The predicted molar refractivity (Wildman–Crippen MR) is 60.9 cm³/mol. The van der Waals surface area contributed by atoms with Gasteiger partial charge >= 0.3 is 6.09 Å². The average Bonchev–Trinajstić information content (AvgIpc) is 2.49. The van der Waals surface area contributed by atoms with Crippen molar-refractivity contribution in [3.05, 3.63) is 0 Å². The van der Waals surface area contributed by atoms with Crippen molar-refractivity contribution in [1.29, 1.82) is 0 Å². The maximum absolute atomic E-state index is 11.8. The fraction of sp³-hybridized carbons (Fsp3) is 0.900. The van der Waals surface area contributed by atoms with Gasteiger partial charge in [-0.3, -0.25) is 4.90 Å². The standard InChI is InChI=1S/C10H19NO3S/c1-10(2,3)14-9(13)11-7-15-6-8(11)4-5-12/h8,12H,4-7H2,1-3H3/t8-/m0/s1. The summed E-state index contributed by atoms with van der Waals surface area (Å²) in [5.74, 6) is 1.55. The van der Waals surface area contributed by atoms with E-state index in [1.54, 1.807) is 16.7 Å². The molecule has 0 bridgehead atoms. The van der Waals surface area contributed by atoms with Crippen LogP contribution in [0.15, 0.2) is 0 Å². The third-order valence-electron chi connectivity index (χ3n) is 2.07. The first-order chi connectivity index (χ1) is 6.94. The monoisotopic (exact) mass is 233 g/mol. The fourth-order valence-corrected chi connectivity index (χ4v) is 2.63. The van der Waals surface area contributed by atoms with Crippen LogP contribution in [0.3, 0.4) is 0 Å². The number of ether oxygens (including phenoxy) is 1. The minimum absolute atomic E-state index is 0.116. The molecule has 0 radical (unpaired) electrons. The molecule has 0 saturated carbocycles. The van der Waals surface area contributed by atoms with Crippen LogP contribution in [0.2, 0.25) is 0 Å². The van der Waals surface area contributed by atoms with Gasteiger partial charge < -0.3 is 9.84 Å². The Hall–Kier alpha value is -0.420. The number of carbonyl (C=O) groups is 1. The molecule has 1 fully saturated rings. The zero-order chi connectivity index (χ0) is 11.5. The van der Waals surface area contributed by atoms with E-state index in [0.29, 0.717) is 12.3 Å². The maximum Gasteiger partial charge on any atom is 0.411 e. The Balaban J connectivity index is 2.51. The van der Waals surface area contributed by atoms with Gasteiger partial charge in [-0.15, -0.1) is 11.8 Å². The third kappa shape index (κ3) is 3.91. The van der Waals surface area contributed by atoms with E-state index in [4.69, 9.17) is 9.84 Å². The zero-order valence-corrected chi connectivity index (χ0v) is 10.3. The largest absolute Gasteiger partial charge is 0.444 e. The Morgan fingerprint density at radius 3 is 2.80 bits per heavy atom. The van der Waals surface area contributed by atoms with Gasteiger partial charge in [0, 0.05) is 18.4 Å². The number of carbonyl (C=O) groups excluding carboxylic acids is 1. The van der Waals surface area contributed by atoms with Gasteiger partial charge in [-0.2, -0.15) is 0 Å². The Kier molecular flexibility index (Phi) is 4.28. The van der Waals surface area contributed by atoms with Crippen molar-refractivity contribution in [1.82, 2.24) is 4.90 Å². The lowest BCUT2D eigenvalue weighted by Gasteiger charge is -2.27. The zero-order valence-electron chi connectivity index (χ0n) is 9.52. The summed E-state index contributed by atoms with van der Waals surface area (Å²) in [6, 6.07) is 0.120. The number of aliphatic hydroxyl groups excluding tert-OH is 1. The molecule has 0 aromatic heterocycles. The summed E-state index contributed by atoms with van der Waals surface area (Å²) in [5, 5.41) is 8.87. The van der Waals surface area contributed by atoms with Crippen molar-refractivity contribution < 1.29 is 14.6 Å². The van der Waals surface area contributed by atoms with Crippen LogP contribution in [-0.4, -0.2) is 46.0 Å². The van der Waals surface area contributed by atoms with Crippen LogP contribution in [0.25, 0.3) is 0 Å². The summed E-state index contributed by atoms with van der Waals surface area (Å²) < 4.78 is 5.29. The lowest BCUT2D eigenvalue weighted by Crippen LogP contribution is -2.40. The average molecular weight is 233 g/mol. The topological polar surface area (TPSA) is 49.8 Å². The molecule has 4 nitrogen and oxygen atoms in total. The van der Waals surface area contributed by atoms with Gasteiger partial charge in [0.15, 0.2) is 0 Å². The van der Waals surface area contributed by atoms with Crippen molar-refractivity contribution in [2.75, 3.05) is 18.2 Å². The minimum Gasteiger partial charge on any atom is -0.444 e. The molecule has 5 heteroatoms. The van der Waals surface area contributed by atoms with Crippen molar-refractivity contribution >= 4 is 17.9 Å². The molecule has 1 amide bonds. The van der Waals surface area contributed by atoms with Gasteiger partial charge in [-0.1, -0.05) is 0 Å². The number of rotatable bonds is 2. The lowest BCUT2D eigenvalue weighted by atomic mass is 10.2. The molecule has 0 aromatic rings. The van der Waals surface area contributed by atoms with Crippen molar-refractivity contribution in [3.63, 3.8) is 0 Å². The highest BCUT2D eigenvalue weighted by atomic mass is 32.2. The Morgan fingerprint density at radius 2 is 2.27 bits per heavy atom. The Labute approximate surface area is 95.0 Å². The Morgan fingerprint density at radius 1 is 1.60 bits per heavy atom. The summed E-state index contributed by atoms with van der Waals surface area (Å²) in [7, 11) is 0. The van der Waals surface area contributed by atoms with Crippen LogP contribution in [0, 0.1) is 0 Å². The predicted octanol–water partition coefficient (Wildman–Crippen LogP) is 1.68. The first-order valence-electron chi connectivity index (χ1n) is 5.12. The van der Waals surface area contributed by atoms with Gasteiger partial charge in [-0.25, -0.2) is 4.79 Å². The van der Waals surface area contributed by atoms with E-state index >= 15 is 0 Å². The second kappa shape index (κ2) is 5.07. The van der Waals surface area contributed by atoms with E-state index in [-0.39, 0.29) is 18.7 Å². The van der Waals surface area contributed by atoms with E-state index in [0.717, 1.165) is 5.75 Å². The second-order valence-electron chi connectivity index (χ2n) is 4.62. The molecule has 0 aromatic carbocycles. The molecule has 0 aliphatic carbocycles. The fourth-order valence-electron chi connectivity index (χ4n) is 1.39. The van der Waals surface area contributed by atoms with E-state index < -0.39 is 5.60 Å². The molecule has 0 spiro atoms. The van der Waals surface area contributed by atoms with Crippen LogP contribution in [0.1, 0.15) is 27.2 Å². The van der Waals surface area contributed by atoms with Gasteiger partial charge in [0.05, 0.1) is 5.88 Å². The maximum atomic E-state index is 11.8. The lowest BCUT2D eigenvalue weighted by molar-refractivity contribution is 0.0223. The molecule has 1 aliphatic rings. The quantitative estimate of drug-likeness (QED) is 0.788. The van der Waals surface area contributed by atoms with Gasteiger partial charge in [0.25, 0.3) is 0 Å². The summed E-state index contributed by atoms with van der Waals surface area (Å²) in [5.41, 5.74) is -0.450. The van der Waals surface area contributed by atoms with Crippen LogP contribution >= 0.6 is 11.8 Å². The number of thioether (sulfide) groups is 1. The molecule has 1 N–H and O–H groups in total. The molecular formula is C10H19NO3S. The summed E-state index contributed by atoms with van der Waals surface area (Å²) in [6.45, 7) is 5.68. The van der Waals surface area contributed by atoms with E-state index in [1.165, 1.54) is 0 Å². The van der Waals surface area contributed by atoms with Crippen LogP contribution in [0.4, 0.5) is 4.79 Å². The van der Waals surface area contributed by atoms with Gasteiger partial charge in [0.2, 0.25) is 0 Å². The Bertz CT molecular complexity index is 227. The van der Waals surface area contributed by atoms with Crippen LogP contribution in [-0.2, 0) is 4.74 Å². The molecule has 1 heterocycles. The van der Waals surface area contributed by atoms with Crippen molar-refractivity contribution in [2.24, 2.45) is 0 Å². The third-order valence-corrected chi connectivity index (χ3v) is 3.15. The first-order valence-corrected chi connectivity index (χ1v) is 6.28. The summed E-state index contributed by atoms with van der Waals surface area (Å²) in [4.78, 5) is 13.5. The normalized spacial score (nSPS) is 21.9. The van der Waals surface area contributed by atoms with Crippen molar-refractivity contribution in [3.8, 4) is 0 Å². The molecule has 1 saturated heterocycles. The molecule has 1 aliphatic heterocycles. The number of nitrogens with zero attached hydrogens (tertiary/aromatic N) is 1. The minimum atomic E-state index is -0.450. The number of hydrogen-bond acceptors (Lipinski definition) is 4. The molecule has 1 atom stereocenters. The SMILES string of the molecule is CC(C)(C)OC(=O)N1CSC[C@@H]1CCO. The molecule has 88 valence electrons. The first kappa shape index (κ1) is 12.6. The smallest absolute Gasteiger partial charge is 0.411 e. The summed E-state index contributed by atoms with van der Waals surface area (Å²) >= 11 is 1.70. The van der Waals surface area contributed by atoms with Gasteiger partial charge in [0.1, 0.15) is 5.60 Å².